The molecule has 0 aromatic carbocycles. The Morgan fingerprint density at radius 1 is 1.60 bits per heavy atom. The van der Waals surface area contributed by atoms with Crippen molar-refractivity contribution in [1.29, 1.82) is 0 Å². The number of aryl methyl sites for hydroxylation is 2. The van der Waals surface area contributed by atoms with Crippen molar-refractivity contribution in [3.63, 3.8) is 0 Å². The van der Waals surface area contributed by atoms with Gasteiger partial charge >= 0.3 is 6.03 Å². The Kier molecular flexibility index (Phi) is 5.38. The average molecular weight is 313 g/mol. The molecule has 2 amide bonds. The number of nitrogens with one attached hydrogen (secondary N) is 1. The Hall–Kier alpha value is -0.680. The van der Waals surface area contributed by atoms with Gasteiger partial charge in [-0.1, -0.05) is 6.92 Å². The largest absolute Gasteiger partial charge is 0.331 e. The maximum atomic E-state index is 12.3. The zero-order chi connectivity index (χ0) is 14.7. The Bertz CT molecular complexity index is 466. The second kappa shape index (κ2) is 6.85. The van der Waals surface area contributed by atoms with Crippen molar-refractivity contribution in [3.8, 4) is 0 Å². The summed E-state index contributed by atoms with van der Waals surface area (Å²) in [5.41, 5.74) is 1.34. The van der Waals surface area contributed by atoms with Crippen LogP contribution in [0.1, 0.15) is 41.6 Å². The second-order valence-electron chi connectivity index (χ2n) is 5.41. The number of carbonyl (C=O) groups excluding carboxylic acids is 1. The molecule has 0 spiro atoms. The molecule has 20 heavy (non-hydrogen) atoms. The Balaban J connectivity index is 1.95. The normalized spacial score (nSPS) is 19.9. The van der Waals surface area contributed by atoms with Crippen LogP contribution in [0.25, 0.3) is 0 Å². The number of urea groups is 1. The van der Waals surface area contributed by atoms with Crippen molar-refractivity contribution < 1.29 is 4.79 Å². The highest BCUT2D eigenvalue weighted by Crippen LogP contribution is 2.28. The van der Waals surface area contributed by atoms with E-state index in [-0.39, 0.29) is 12.1 Å². The highest BCUT2D eigenvalue weighted by molar-refractivity contribution is 7.99. The van der Waals surface area contributed by atoms with E-state index in [0.29, 0.717) is 6.04 Å². The summed E-state index contributed by atoms with van der Waals surface area (Å²) in [5.74, 6) is 2.23. The zero-order valence-corrected chi connectivity index (χ0v) is 14.4. The smallest absolute Gasteiger partial charge is 0.317 e. The Labute approximate surface area is 130 Å². The average Bonchev–Trinajstić information content (AvgIpc) is 3.06. The van der Waals surface area contributed by atoms with E-state index in [1.807, 2.05) is 35.0 Å². The van der Waals surface area contributed by atoms with Crippen molar-refractivity contribution in [2.24, 2.45) is 0 Å². The predicted octanol–water partition coefficient (Wildman–Crippen LogP) is 3.83. The Morgan fingerprint density at radius 2 is 2.35 bits per heavy atom. The van der Waals surface area contributed by atoms with E-state index in [1.54, 1.807) is 0 Å². The first-order valence-electron chi connectivity index (χ1n) is 7.23. The molecule has 1 aromatic rings. The van der Waals surface area contributed by atoms with Gasteiger partial charge in [-0.25, -0.2) is 4.79 Å². The van der Waals surface area contributed by atoms with Gasteiger partial charge in [-0.15, -0.1) is 11.3 Å². The fourth-order valence-electron chi connectivity index (χ4n) is 2.46. The van der Waals surface area contributed by atoms with Crippen molar-refractivity contribution in [3.05, 3.63) is 21.4 Å². The summed E-state index contributed by atoms with van der Waals surface area (Å²) in [5, 5.41) is 3.13. The van der Waals surface area contributed by atoms with Gasteiger partial charge in [0.15, 0.2) is 0 Å². The van der Waals surface area contributed by atoms with Crippen LogP contribution in [-0.4, -0.2) is 35.5 Å². The fraction of sp³-hybridized carbons (Fsp3) is 0.667. The fourth-order valence-corrected chi connectivity index (χ4v) is 4.85. The maximum absolute atomic E-state index is 12.3. The minimum absolute atomic E-state index is 0.0501. The third-order valence-corrected chi connectivity index (χ3v) is 6.61. The van der Waals surface area contributed by atoms with Crippen LogP contribution in [0, 0.1) is 6.92 Å². The number of hydrogen-bond donors (Lipinski definition) is 1. The van der Waals surface area contributed by atoms with Gasteiger partial charge in [0.2, 0.25) is 0 Å². The van der Waals surface area contributed by atoms with E-state index in [9.17, 15) is 4.79 Å². The summed E-state index contributed by atoms with van der Waals surface area (Å²) >= 11 is 3.75. The maximum Gasteiger partial charge on any atom is 0.317 e. The monoisotopic (exact) mass is 312 g/mol. The van der Waals surface area contributed by atoms with E-state index in [0.717, 1.165) is 18.6 Å². The molecular weight excluding hydrogens is 288 g/mol. The van der Waals surface area contributed by atoms with Crippen molar-refractivity contribution >= 4 is 29.1 Å². The lowest BCUT2D eigenvalue weighted by atomic mass is 10.2. The topological polar surface area (TPSA) is 32.3 Å². The summed E-state index contributed by atoms with van der Waals surface area (Å²) in [7, 11) is 1.91. The number of amides is 2. The molecule has 0 aliphatic carbocycles. The second-order valence-corrected chi connectivity index (χ2v) is 7.73. The quantitative estimate of drug-likeness (QED) is 0.916. The number of thioether (sulfide) groups is 1. The van der Waals surface area contributed by atoms with Crippen molar-refractivity contribution in [2.45, 2.75) is 45.7 Å². The molecule has 0 saturated carbocycles. The predicted molar refractivity (Wildman–Crippen MR) is 88.9 cm³/mol. The number of nitrogens with zero attached hydrogens (tertiary/aromatic N) is 1. The molecule has 1 N–H and O–H groups in total. The van der Waals surface area contributed by atoms with Crippen LogP contribution < -0.4 is 5.32 Å². The number of carbonyl (C=O) groups is 1. The summed E-state index contributed by atoms with van der Waals surface area (Å²) in [6.45, 7) is 6.40. The van der Waals surface area contributed by atoms with Crippen LogP contribution in [0.4, 0.5) is 4.79 Å². The van der Waals surface area contributed by atoms with Gasteiger partial charge in [0.25, 0.3) is 0 Å². The van der Waals surface area contributed by atoms with Crippen LogP contribution in [-0.2, 0) is 6.42 Å². The van der Waals surface area contributed by atoms with E-state index in [4.69, 9.17) is 0 Å². The molecule has 1 aromatic heterocycles. The minimum atomic E-state index is 0.0501. The summed E-state index contributed by atoms with van der Waals surface area (Å²) in [4.78, 5) is 16.8. The first kappa shape index (κ1) is 15.7. The highest BCUT2D eigenvalue weighted by Gasteiger charge is 2.25. The van der Waals surface area contributed by atoms with Crippen molar-refractivity contribution in [2.75, 3.05) is 18.6 Å². The minimum Gasteiger partial charge on any atom is -0.331 e. The van der Waals surface area contributed by atoms with Gasteiger partial charge in [-0.3, -0.25) is 0 Å². The first-order valence-corrected chi connectivity index (χ1v) is 9.20. The van der Waals surface area contributed by atoms with Crippen LogP contribution in [0.5, 0.6) is 0 Å². The number of rotatable bonds is 4. The molecule has 1 aliphatic heterocycles. The van der Waals surface area contributed by atoms with E-state index < -0.39 is 0 Å². The van der Waals surface area contributed by atoms with Gasteiger partial charge < -0.3 is 10.2 Å². The molecule has 1 saturated heterocycles. The standard InChI is InChI=1S/C15H24N2OS2/c1-5-13-10(2)8-14(20-13)11(3)16-15(18)17(4)12-6-7-19-9-12/h8,11-12H,5-7,9H2,1-4H3,(H,16,18)/t11-,12-/m1/s1. The van der Waals surface area contributed by atoms with Crippen LogP contribution >= 0.6 is 23.1 Å². The molecule has 2 atom stereocenters. The number of hydrogen-bond acceptors (Lipinski definition) is 3. The van der Waals surface area contributed by atoms with E-state index in [1.165, 1.54) is 21.1 Å². The van der Waals surface area contributed by atoms with Gasteiger partial charge in [-0.05, 0) is 44.1 Å². The lowest BCUT2D eigenvalue weighted by molar-refractivity contribution is 0.192. The van der Waals surface area contributed by atoms with Crippen molar-refractivity contribution in [1.82, 2.24) is 10.2 Å². The lowest BCUT2D eigenvalue weighted by Gasteiger charge is -2.25. The third kappa shape index (κ3) is 3.50. The molecule has 112 valence electrons. The van der Waals surface area contributed by atoms with Gasteiger partial charge in [-0.2, -0.15) is 11.8 Å². The number of thiophene rings is 1. The summed E-state index contributed by atoms with van der Waals surface area (Å²) in [6, 6.07) is 2.74. The van der Waals surface area contributed by atoms with Gasteiger partial charge in [0.1, 0.15) is 0 Å². The molecule has 0 radical (unpaired) electrons. The molecule has 0 unspecified atom stereocenters. The van der Waals surface area contributed by atoms with Gasteiger partial charge in [0, 0.05) is 28.6 Å². The molecule has 1 aliphatic rings. The molecule has 3 nitrogen and oxygen atoms in total. The summed E-state index contributed by atoms with van der Waals surface area (Å²) < 4.78 is 0. The molecule has 1 fully saturated rings. The van der Waals surface area contributed by atoms with Gasteiger partial charge in [0.05, 0.1) is 6.04 Å². The highest BCUT2D eigenvalue weighted by atomic mass is 32.2. The molecule has 0 bridgehead atoms. The SMILES string of the molecule is CCc1sc([C@@H](C)NC(=O)N(C)[C@@H]2CCSC2)cc1C. The molecule has 2 heterocycles. The summed E-state index contributed by atoms with van der Waals surface area (Å²) in [6.07, 6.45) is 2.18. The van der Waals surface area contributed by atoms with E-state index >= 15 is 0 Å². The molecular formula is C15H24N2OS2. The van der Waals surface area contributed by atoms with Crippen LogP contribution in [0.3, 0.4) is 0 Å². The zero-order valence-electron chi connectivity index (χ0n) is 12.7. The third-order valence-electron chi connectivity index (χ3n) is 3.90. The first-order chi connectivity index (χ1) is 9.52. The van der Waals surface area contributed by atoms with Crippen LogP contribution in [0.2, 0.25) is 0 Å². The Morgan fingerprint density at radius 3 is 2.90 bits per heavy atom. The van der Waals surface area contributed by atoms with E-state index in [2.05, 4.69) is 32.2 Å². The van der Waals surface area contributed by atoms with Crippen LogP contribution in [0.15, 0.2) is 6.07 Å². The molecule has 5 heteroatoms. The lowest BCUT2D eigenvalue weighted by Crippen LogP contribution is -2.44. The molecule has 2 rings (SSSR count).